The molecule has 0 aliphatic heterocycles. The van der Waals surface area contributed by atoms with Gasteiger partial charge in [0.25, 0.3) is 0 Å². The molecule has 0 fully saturated rings. The Morgan fingerprint density at radius 2 is 2.05 bits per heavy atom. The van der Waals surface area contributed by atoms with E-state index in [-0.39, 0.29) is 5.91 Å². The second-order valence-electron chi connectivity index (χ2n) is 4.62. The Bertz CT molecular complexity index is 705. The van der Waals surface area contributed by atoms with Crippen LogP contribution in [0, 0.1) is 0 Å². The summed E-state index contributed by atoms with van der Waals surface area (Å²) in [4.78, 5) is 17.5. The standard InChI is InChI=1S/C16H15N3OS/c20-15(12-19-8-1-2-9-19)18-11-13-5-3-7-17-16(13)14-6-4-10-21-14/h1-10H,11-12H2,(H,18,20). The number of nitrogens with one attached hydrogen (secondary N) is 1. The fourth-order valence-corrected chi connectivity index (χ4v) is 2.86. The highest BCUT2D eigenvalue weighted by atomic mass is 32.1. The molecule has 0 spiro atoms. The molecular formula is C16H15N3OS. The third kappa shape index (κ3) is 3.38. The van der Waals surface area contributed by atoms with E-state index in [4.69, 9.17) is 0 Å². The summed E-state index contributed by atoms with van der Waals surface area (Å²) in [6.07, 6.45) is 5.53. The third-order valence-corrected chi connectivity index (χ3v) is 3.99. The molecule has 1 amide bonds. The lowest BCUT2D eigenvalue weighted by Gasteiger charge is -2.09. The van der Waals surface area contributed by atoms with Crippen molar-refractivity contribution < 1.29 is 4.79 Å². The number of amides is 1. The Morgan fingerprint density at radius 1 is 1.19 bits per heavy atom. The van der Waals surface area contributed by atoms with Crippen LogP contribution in [0.1, 0.15) is 5.56 Å². The molecule has 3 aromatic heterocycles. The molecule has 0 saturated heterocycles. The van der Waals surface area contributed by atoms with Crippen LogP contribution in [0.3, 0.4) is 0 Å². The summed E-state index contributed by atoms with van der Waals surface area (Å²) >= 11 is 1.65. The number of hydrogen-bond acceptors (Lipinski definition) is 3. The minimum atomic E-state index is -0.00724. The van der Waals surface area contributed by atoms with Gasteiger partial charge < -0.3 is 9.88 Å². The van der Waals surface area contributed by atoms with Crippen LogP contribution < -0.4 is 5.32 Å². The lowest BCUT2D eigenvalue weighted by atomic mass is 10.1. The average Bonchev–Trinajstić information content (AvgIpc) is 3.18. The average molecular weight is 297 g/mol. The van der Waals surface area contributed by atoms with E-state index in [0.29, 0.717) is 13.1 Å². The minimum absolute atomic E-state index is 0.00724. The smallest absolute Gasteiger partial charge is 0.240 e. The Kier molecular flexibility index (Phi) is 4.12. The van der Waals surface area contributed by atoms with Crippen molar-refractivity contribution in [2.45, 2.75) is 13.1 Å². The van der Waals surface area contributed by atoms with Crippen LogP contribution in [0.25, 0.3) is 10.6 Å². The zero-order chi connectivity index (χ0) is 14.5. The maximum Gasteiger partial charge on any atom is 0.240 e. The van der Waals surface area contributed by atoms with E-state index >= 15 is 0 Å². The summed E-state index contributed by atoms with van der Waals surface area (Å²) in [7, 11) is 0. The fourth-order valence-electron chi connectivity index (χ4n) is 2.11. The third-order valence-electron chi connectivity index (χ3n) is 3.11. The van der Waals surface area contributed by atoms with Gasteiger partial charge in [-0.25, -0.2) is 0 Å². The first-order valence-corrected chi connectivity index (χ1v) is 7.56. The maximum absolute atomic E-state index is 11.9. The molecule has 5 heteroatoms. The van der Waals surface area contributed by atoms with Gasteiger partial charge in [-0.05, 0) is 35.2 Å². The van der Waals surface area contributed by atoms with E-state index in [1.165, 1.54) is 0 Å². The quantitative estimate of drug-likeness (QED) is 0.787. The highest BCUT2D eigenvalue weighted by Gasteiger charge is 2.08. The van der Waals surface area contributed by atoms with Crippen molar-refractivity contribution in [2.75, 3.05) is 0 Å². The lowest BCUT2D eigenvalue weighted by molar-refractivity contribution is -0.121. The molecule has 3 heterocycles. The van der Waals surface area contributed by atoms with Gasteiger partial charge in [0.2, 0.25) is 5.91 Å². The van der Waals surface area contributed by atoms with Crippen molar-refractivity contribution in [3.8, 4) is 10.6 Å². The molecule has 0 radical (unpaired) electrons. The van der Waals surface area contributed by atoms with Crippen LogP contribution in [0.4, 0.5) is 0 Å². The SMILES string of the molecule is O=C(Cn1cccc1)NCc1cccnc1-c1cccs1. The molecule has 3 rings (SSSR count). The van der Waals surface area contributed by atoms with Crippen molar-refractivity contribution >= 4 is 17.2 Å². The lowest BCUT2D eigenvalue weighted by Crippen LogP contribution is -2.26. The normalized spacial score (nSPS) is 10.5. The molecule has 4 nitrogen and oxygen atoms in total. The van der Waals surface area contributed by atoms with E-state index in [9.17, 15) is 4.79 Å². The number of carbonyl (C=O) groups is 1. The molecule has 0 unspecified atom stereocenters. The van der Waals surface area contributed by atoms with E-state index in [0.717, 1.165) is 16.1 Å². The largest absolute Gasteiger partial charge is 0.350 e. The van der Waals surface area contributed by atoms with E-state index in [1.54, 1.807) is 17.5 Å². The fraction of sp³-hybridized carbons (Fsp3) is 0.125. The monoisotopic (exact) mass is 297 g/mol. The highest BCUT2D eigenvalue weighted by Crippen LogP contribution is 2.25. The summed E-state index contributed by atoms with van der Waals surface area (Å²) in [5, 5.41) is 4.97. The van der Waals surface area contributed by atoms with Gasteiger partial charge in [0.15, 0.2) is 0 Å². The van der Waals surface area contributed by atoms with Gasteiger partial charge in [-0.2, -0.15) is 0 Å². The summed E-state index contributed by atoms with van der Waals surface area (Å²) < 4.78 is 1.85. The molecule has 0 aliphatic carbocycles. The van der Waals surface area contributed by atoms with Crippen molar-refractivity contribution in [3.05, 3.63) is 65.9 Å². The topological polar surface area (TPSA) is 46.9 Å². The minimum Gasteiger partial charge on any atom is -0.350 e. The summed E-state index contributed by atoms with van der Waals surface area (Å²) in [6.45, 7) is 0.822. The van der Waals surface area contributed by atoms with Gasteiger partial charge in [0.1, 0.15) is 6.54 Å². The van der Waals surface area contributed by atoms with Crippen molar-refractivity contribution in [1.29, 1.82) is 0 Å². The molecular weight excluding hydrogens is 282 g/mol. The number of rotatable bonds is 5. The van der Waals surface area contributed by atoms with E-state index < -0.39 is 0 Å². The Morgan fingerprint density at radius 3 is 2.81 bits per heavy atom. The first kappa shape index (κ1) is 13.6. The van der Waals surface area contributed by atoms with E-state index in [2.05, 4.69) is 10.3 Å². The Labute approximate surface area is 127 Å². The first-order valence-electron chi connectivity index (χ1n) is 6.68. The van der Waals surface area contributed by atoms with Gasteiger partial charge in [0.05, 0.1) is 10.6 Å². The molecule has 21 heavy (non-hydrogen) atoms. The summed E-state index contributed by atoms with van der Waals surface area (Å²) in [5.74, 6) is -0.00724. The number of aromatic nitrogens is 2. The van der Waals surface area contributed by atoms with Gasteiger partial charge >= 0.3 is 0 Å². The Hall–Kier alpha value is -2.40. The number of thiophene rings is 1. The zero-order valence-corrected chi connectivity index (χ0v) is 12.2. The molecule has 106 valence electrons. The zero-order valence-electron chi connectivity index (χ0n) is 11.4. The molecule has 0 saturated carbocycles. The van der Waals surface area contributed by atoms with Crippen molar-refractivity contribution in [1.82, 2.24) is 14.9 Å². The van der Waals surface area contributed by atoms with Crippen LogP contribution in [0.5, 0.6) is 0 Å². The summed E-state index contributed by atoms with van der Waals surface area (Å²) in [5.41, 5.74) is 1.97. The molecule has 0 aromatic carbocycles. The molecule has 1 N–H and O–H groups in total. The van der Waals surface area contributed by atoms with Gasteiger partial charge in [-0.15, -0.1) is 11.3 Å². The number of pyridine rings is 1. The van der Waals surface area contributed by atoms with Crippen LogP contribution >= 0.6 is 11.3 Å². The Balaban J connectivity index is 1.67. The van der Waals surface area contributed by atoms with Gasteiger partial charge in [-0.3, -0.25) is 9.78 Å². The van der Waals surface area contributed by atoms with Crippen LogP contribution in [-0.4, -0.2) is 15.5 Å². The van der Waals surface area contributed by atoms with Gasteiger partial charge in [-0.1, -0.05) is 12.1 Å². The molecule has 3 aromatic rings. The number of carbonyl (C=O) groups excluding carboxylic acids is 1. The number of nitrogens with zero attached hydrogens (tertiary/aromatic N) is 2. The summed E-state index contributed by atoms with van der Waals surface area (Å²) in [6, 6.07) is 11.7. The predicted octanol–water partition coefficient (Wildman–Crippen LogP) is 2.93. The molecule has 0 aliphatic rings. The number of hydrogen-bond donors (Lipinski definition) is 1. The predicted molar refractivity (Wildman–Crippen MR) is 83.8 cm³/mol. The highest BCUT2D eigenvalue weighted by molar-refractivity contribution is 7.13. The second-order valence-corrected chi connectivity index (χ2v) is 5.57. The van der Waals surface area contributed by atoms with Crippen molar-refractivity contribution in [3.63, 3.8) is 0 Å². The van der Waals surface area contributed by atoms with Gasteiger partial charge in [0, 0.05) is 25.1 Å². The van der Waals surface area contributed by atoms with Crippen LogP contribution in [-0.2, 0) is 17.9 Å². The van der Waals surface area contributed by atoms with Crippen LogP contribution in [0.15, 0.2) is 60.4 Å². The second kappa shape index (κ2) is 6.37. The van der Waals surface area contributed by atoms with Crippen molar-refractivity contribution in [2.24, 2.45) is 0 Å². The molecule has 0 bridgehead atoms. The molecule has 0 atom stereocenters. The van der Waals surface area contributed by atoms with Crippen LogP contribution in [0.2, 0.25) is 0 Å². The first-order chi connectivity index (χ1) is 10.3. The van der Waals surface area contributed by atoms with E-state index in [1.807, 2.05) is 58.7 Å². The maximum atomic E-state index is 11.9.